The summed E-state index contributed by atoms with van der Waals surface area (Å²) < 4.78 is 43.3. The zero-order valence-corrected chi connectivity index (χ0v) is 17.4. The van der Waals surface area contributed by atoms with Gasteiger partial charge in [-0.2, -0.15) is 13.1 Å². The van der Waals surface area contributed by atoms with E-state index in [1.54, 1.807) is 12.1 Å². The van der Waals surface area contributed by atoms with Gasteiger partial charge in [0.15, 0.2) is 0 Å². The number of aryl methyl sites for hydroxylation is 1. The van der Waals surface area contributed by atoms with E-state index in [4.69, 9.17) is 0 Å². The van der Waals surface area contributed by atoms with Crippen LogP contribution in [-0.4, -0.2) is 43.1 Å². The van der Waals surface area contributed by atoms with Gasteiger partial charge < -0.3 is 5.11 Å². The first-order valence-electron chi connectivity index (χ1n) is 9.78. The van der Waals surface area contributed by atoms with Gasteiger partial charge in [0, 0.05) is 25.7 Å². The Morgan fingerprint density at radius 2 is 2.07 bits per heavy atom. The smallest absolute Gasteiger partial charge is 0.302 e. The van der Waals surface area contributed by atoms with Crippen LogP contribution >= 0.6 is 0 Å². The minimum Gasteiger partial charge on any atom is -0.508 e. The predicted molar refractivity (Wildman–Crippen MR) is 110 cm³/mol. The van der Waals surface area contributed by atoms with Gasteiger partial charge >= 0.3 is 10.2 Å². The number of hydrogen-bond donors (Lipinski definition) is 2. The van der Waals surface area contributed by atoms with Gasteiger partial charge in [0.1, 0.15) is 11.6 Å². The molecule has 0 aliphatic carbocycles. The molecular weight excluding hydrogens is 393 g/mol. The topological polar surface area (TPSA) is 72.9 Å². The molecule has 8 heteroatoms. The van der Waals surface area contributed by atoms with Gasteiger partial charge in [0.05, 0.1) is 11.2 Å². The Kier molecular flexibility index (Phi) is 5.04. The standard InChI is InChI=1S/C21H26FN3O3S/c1-15-10-17(6-7-20(15)26)13-24-9-8-21(12-16(24)2)14-23-29(27,28)25(21)19-5-3-4-18(22)11-19/h3-7,10-11,16,23,26H,8-9,12-14H2,1-2H3/t16-,21+/m0/s1. The van der Waals surface area contributed by atoms with E-state index in [9.17, 15) is 17.9 Å². The summed E-state index contributed by atoms with van der Waals surface area (Å²) in [6, 6.07) is 11.5. The lowest BCUT2D eigenvalue weighted by Gasteiger charge is -2.47. The first-order valence-corrected chi connectivity index (χ1v) is 11.2. The van der Waals surface area contributed by atoms with Crippen molar-refractivity contribution in [2.45, 2.75) is 44.8 Å². The fourth-order valence-electron chi connectivity index (χ4n) is 4.62. The van der Waals surface area contributed by atoms with E-state index in [0.29, 0.717) is 25.1 Å². The summed E-state index contributed by atoms with van der Waals surface area (Å²) in [4.78, 5) is 2.33. The third kappa shape index (κ3) is 3.72. The fourth-order valence-corrected chi connectivity index (χ4v) is 6.33. The first kappa shape index (κ1) is 20.1. The summed E-state index contributed by atoms with van der Waals surface area (Å²) in [7, 11) is -3.70. The van der Waals surface area contributed by atoms with E-state index in [2.05, 4.69) is 16.5 Å². The zero-order valence-electron chi connectivity index (χ0n) is 16.6. The molecule has 2 aromatic rings. The first-order chi connectivity index (χ1) is 13.7. The Bertz CT molecular complexity index is 1030. The Hall–Kier alpha value is -2.16. The van der Waals surface area contributed by atoms with Crippen molar-refractivity contribution in [3.8, 4) is 5.75 Å². The van der Waals surface area contributed by atoms with Gasteiger partial charge in [-0.25, -0.2) is 4.39 Å². The number of nitrogens with one attached hydrogen (secondary N) is 1. The molecule has 2 aliphatic heterocycles. The molecule has 2 atom stereocenters. The number of rotatable bonds is 3. The van der Waals surface area contributed by atoms with Crippen LogP contribution in [0.4, 0.5) is 10.1 Å². The van der Waals surface area contributed by atoms with Crippen LogP contribution < -0.4 is 9.03 Å². The summed E-state index contributed by atoms with van der Waals surface area (Å²) >= 11 is 0. The molecule has 0 aromatic heterocycles. The van der Waals surface area contributed by atoms with Gasteiger partial charge in [0.25, 0.3) is 0 Å². The summed E-state index contributed by atoms with van der Waals surface area (Å²) in [5.41, 5.74) is 1.71. The largest absolute Gasteiger partial charge is 0.508 e. The van der Waals surface area contributed by atoms with Crippen LogP contribution in [0.25, 0.3) is 0 Å². The number of nitrogens with zero attached hydrogens (tertiary/aromatic N) is 2. The van der Waals surface area contributed by atoms with Crippen molar-refractivity contribution < 1.29 is 17.9 Å². The number of likely N-dealkylation sites (tertiary alicyclic amines) is 1. The predicted octanol–water partition coefficient (Wildman–Crippen LogP) is 2.92. The van der Waals surface area contributed by atoms with Crippen LogP contribution in [0.2, 0.25) is 0 Å². The molecule has 0 saturated carbocycles. The zero-order chi connectivity index (χ0) is 20.8. The lowest BCUT2D eigenvalue weighted by atomic mass is 9.83. The molecule has 29 heavy (non-hydrogen) atoms. The van der Waals surface area contributed by atoms with Gasteiger partial charge in [-0.15, -0.1) is 0 Å². The highest BCUT2D eigenvalue weighted by molar-refractivity contribution is 7.91. The van der Waals surface area contributed by atoms with Gasteiger partial charge in [0.2, 0.25) is 0 Å². The third-order valence-electron chi connectivity index (χ3n) is 6.11. The van der Waals surface area contributed by atoms with E-state index in [1.165, 1.54) is 22.5 Å². The Labute approximate surface area is 171 Å². The molecule has 2 fully saturated rings. The molecule has 2 heterocycles. The number of halogens is 1. The van der Waals surface area contributed by atoms with E-state index in [1.807, 2.05) is 19.1 Å². The summed E-state index contributed by atoms with van der Waals surface area (Å²) in [6.45, 7) is 5.76. The second kappa shape index (κ2) is 7.27. The second-order valence-corrected chi connectivity index (χ2v) is 9.79. The highest BCUT2D eigenvalue weighted by atomic mass is 32.2. The van der Waals surface area contributed by atoms with Crippen molar-refractivity contribution in [1.29, 1.82) is 0 Å². The molecule has 1 spiro atoms. The van der Waals surface area contributed by atoms with Crippen LogP contribution in [0.5, 0.6) is 5.75 Å². The minimum atomic E-state index is -3.70. The average molecular weight is 420 g/mol. The molecule has 0 unspecified atom stereocenters. The van der Waals surface area contributed by atoms with Gasteiger partial charge in [-0.3, -0.25) is 9.21 Å². The summed E-state index contributed by atoms with van der Waals surface area (Å²) in [6.07, 6.45) is 1.30. The molecule has 4 rings (SSSR count). The molecule has 156 valence electrons. The number of aromatic hydroxyl groups is 1. The van der Waals surface area contributed by atoms with Crippen molar-refractivity contribution in [2.75, 3.05) is 17.4 Å². The summed E-state index contributed by atoms with van der Waals surface area (Å²) in [5.74, 6) is -0.166. The average Bonchev–Trinajstić information content (AvgIpc) is 2.91. The van der Waals surface area contributed by atoms with Crippen molar-refractivity contribution >= 4 is 15.9 Å². The monoisotopic (exact) mass is 419 g/mol. The van der Waals surface area contributed by atoms with Crippen molar-refractivity contribution in [1.82, 2.24) is 9.62 Å². The maximum Gasteiger partial charge on any atom is 0.302 e. The highest BCUT2D eigenvalue weighted by Crippen LogP contribution is 2.41. The number of piperidine rings is 1. The molecule has 6 nitrogen and oxygen atoms in total. The molecule has 2 aromatic carbocycles. The van der Waals surface area contributed by atoms with E-state index < -0.39 is 21.6 Å². The third-order valence-corrected chi connectivity index (χ3v) is 7.70. The molecule has 0 bridgehead atoms. The minimum absolute atomic E-state index is 0.143. The highest BCUT2D eigenvalue weighted by Gasteiger charge is 2.52. The van der Waals surface area contributed by atoms with Crippen LogP contribution in [0, 0.1) is 12.7 Å². The Balaban J connectivity index is 1.57. The van der Waals surface area contributed by atoms with Crippen molar-refractivity contribution in [3.63, 3.8) is 0 Å². The van der Waals surface area contributed by atoms with Gasteiger partial charge in [-0.05, 0) is 62.1 Å². The van der Waals surface area contributed by atoms with Crippen LogP contribution in [0.15, 0.2) is 42.5 Å². The number of hydrogen-bond acceptors (Lipinski definition) is 4. The SMILES string of the molecule is Cc1cc(CN2CC[C@]3(CNS(=O)(=O)N3c3cccc(F)c3)C[C@@H]2C)ccc1O. The van der Waals surface area contributed by atoms with Crippen molar-refractivity contribution in [2.24, 2.45) is 0 Å². The van der Waals surface area contributed by atoms with E-state index in [0.717, 1.165) is 24.2 Å². The van der Waals surface area contributed by atoms with E-state index in [-0.39, 0.29) is 11.8 Å². The molecule has 0 radical (unpaired) electrons. The normalized spacial score (nSPS) is 26.9. The van der Waals surface area contributed by atoms with Crippen LogP contribution in [0.1, 0.15) is 30.9 Å². The number of benzene rings is 2. The lowest BCUT2D eigenvalue weighted by Crippen LogP contribution is -2.57. The quantitative estimate of drug-likeness (QED) is 0.802. The number of anilines is 1. The maximum atomic E-state index is 13.8. The van der Waals surface area contributed by atoms with Crippen LogP contribution in [0.3, 0.4) is 0 Å². The molecular formula is C21H26FN3O3S. The van der Waals surface area contributed by atoms with Crippen LogP contribution in [-0.2, 0) is 16.8 Å². The summed E-state index contributed by atoms with van der Waals surface area (Å²) in [5, 5.41) is 9.74. The lowest BCUT2D eigenvalue weighted by molar-refractivity contribution is 0.106. The molecule has 0 amide bonds. The number of phenols is 1. The molecule has 2 N–H and O–H groups in total. The number of phenolic OH excluding ortho intramolecular Hbond substituents is 1. The maximum absolute atomic E-state index is 13.8. The Morgan fingerprint density at radius 1 is 1.28 bits per heavy atom. The Morgan fingerprint density at radius 3 is 2.76 bits per heavy atom. The van der Waals surface area contributed by atoms with Crippen molar-refractivity contribution in [3.05, 3.63) is 59.4 Å². The van der Waals surface area contributed by atoms with E-state index >= 15 is 0 Å². The van der Waals surface area contributed by atoms with Gasteiger partial charge in [-0.1, -0.05) is 18.2 Å². The molecule has 2 aliphatic rings. The fraction of sp³-hybridized carbons (Fsp3) is 0.429. The second-order valence-electron chi connectivity index (χ2n) is 8.19. The molecule has 2 saturated heterocycles.